The van der Waals surface area contributed by atoms with Gasteiger partial charge in [0.15, 0.2) is 5.78 Å². The number of halogens is 3. The van der Waals surface area contributed by atoms with E-state index in [1.54, 1.807) is 7.11 Å². The lowest BCUT2D eigenvalue weighted by atomic mass is 9.79. The molecule has 186 valence electrons. The first-order chi connectivity index (χ1) is 16.3. The number of ketones is 1. The maximum absolute atomic E-state index is 13.1. The zero-order chi connectivity index (χ0) is 24.3. The van der Waals surface area contributed by atoms with Gasteiger partial charge in [0.1, 0.15) is 12.1 Å². The number of hydrogen-bond donors (Lipinski definition) is 1. The molecule has 6 nitrogen and oxygen atoms in total. The Morgan fingerprint density at radius 2 is 1.94 bits per heavy atom. The summed E-state index contributed by atoms with van der Waals surface area (Å²) in [4.78, 5) is 23.1. The van der Waals surface area contributed by atoms with Crippen LogP contribution in [0.5, 0.6) is 0 Å². The van der Waals surface area contributed by atoms with Gasteiger partial charge in [0, 0.05) is 38.0 Å². The fourth-order valence-electron chi connectivity index (χ4n) is 5.52. The third-order valence-electron chi connectivity index (χ3n) is 7.41. The number of carbonyl (C=O) groups is 1. The fraction of sp³-hybridized carbons (Fsp3) is 0.640. The van der Waals surface area contributed by atoms with E-state index in [-0.39, 0.29) is 23.5 Å². The van der Waals surface area contributed by atoms with Crippen LogP contribution in [0.25, 0.3) is 10.9 Å². The number of rotatable bonds is 9. The summed E-state index contributed by atoms with van der Waals surface area (Å²) in [7, 11) is 1.80. The molecule has 2 aliphatic rings. The Labute approximate surface area is 198 Å². The molecule has 9 heteroatoms. The van der Waals surface area contributed by atoms with Crippen molar-refractivity contribution in [2.24, 2.45) is 11.8 Å². The van der Waals surface area contributed by atoms with Gasteiger partial charge in [0.05, 0.1) is 23.7 Å². The van der Waals surface area contributed by atoms with Gasteiger partial charge in [0.25, 0.3) is 0 Å². The summed E-state index contributed by atoms with van der Waals surface area (Å²) >= 11 is 0. The minimum absolute atomic E-state index is 0.0398. The minimum atomic E-state index is -4.45. The van der Waals surface area contributed by atoms with E-state index in [9.17, 15) is 18.0 Å². The Morgan fingerprint density at radius 1 is 1.21 bits per heavy atom. The zero-order valence-electron chi connectivity index (χ0n) is 19.8. The first kappa shape index (κ1) is 24.9. The van der Waals surface area contributed by atoms with E-state index in [1.807, 2.05) is 0 Å². The Bertz CT molecular complexity index is 982. The Hall–Kier alpha value is -2.26. The molecule has 2 heterocycles. The van der Waals surface area contributed by atoms with Crippen molar-refractivity contribution in [3.8, 4) is 0 Å². The normalized spacial score (nSPS) is 23.0. The van der Waals surface area contributed by atoms with Crippen molar-refractivity contribution in [1.82, 2.24) is 14.9 Å². The molecule has 1 aliphatic carbocycles. The summed E-state index contributed by atoms with van der Waals surface area (Å²) in [5.74, 6) is 1.28. The summed E-state index contributed by atoms with van der Waals surface area (Å²) in [6.45, 7) is 4.10. The maximum Gasteiger partial charge on any atom is 0.416 e. The number of nitrogens with zero attached hydrogens (tertiary/aromatic N) is 3. The van der Waals surface area contributed by atoms with Gasteiger partial charge in [0.2, 0.25) is 0 Å². The van der Waals surface area contributed by atoms with E-state index in [4.69, 9.17) is 4.74 Å². The average Bonchev–Trinajstić information content (AvgIpc) is 2.80. The highest BCUT2D eigenvalue weighted by Crippen LogP contribution is 2.35. The Morgan fingerprint density at radius 3 is 2.59 bits per heavy atom. The molecule has 0 bridgehead atoms. The number of anilines is 1. The third-order valence-corrected chi connectivity index (χ3v) is 7.41. The van der Waals surface area contributed by atoms with E-state index in [0.29, 0.717) is 35.9 Å². The van der Waals surface area contributed by atoms with Gasteiger partial charge in [-0.2, -0.15) is 13.2 Å². The van der Waals surface area contributed by atoms with Crippen LogP contribution in [0.15, 0.2) is 24.5 Å². The first-order valence-corrected chi connectivity index (χ1v) is 12.1. The van der Waals surface area contributed by atoms with Crippen LogP contribution in [0.3, 0.4) is 0 Å². The summed E-state index contributed by atoms with van der Waals surface area (Å²) in [6, 6.07) is 3.95. The molecule has 1 aromatic heterocycles. The second-order valence-electron chi connectivity index (χ2n) is 9.62. The fourth-order valence-corrected chi connectivity index (χ4v) is 5.52. The number of benzene rings is 1. The number of fused-ring (bicyclic) bond motifs is 1. The van der Waals surface area contributed by atoms with Gasteiger partial charge >= 0.3 is 6.18 Å². The first-order valence-electron chi connectivity index (χ1n) is 12.1. The standard InChI is InChI=1S/C25H33F3N4O2/c1-3-23(34-2)17-4-7-19(8-5-17)32-13-16(14-32)10-20(33)12-29-24-21-11-18(25(26,27)28)6-9-22(21)30-15-31-24/h6,9,11,15-17,19,23H,3-5,7-8,10,12-14H2,1-2H3,(H,29,30,31). The molecule has 1 N–H and O–H groups in total. The van der Waals surface area contributed by atoms with Crippen molar-refractivity contribution >= 4 is 22.5 Å². The van der Waals surface area contributed by atoms with Gasteiger partial charge in [-0.25, -0.2) is 9.97 Å². The molecular formula is C25H33F3N4O2. The van der Waals surface area contributed by atoms with Gasteiger partial charge in [-0.15, -0.1) is 0 Å². The molecule has 1 saturated heterocycles. The number of hydrogen-bond acceptors (Lipinski definition) is 6. The lowest BCUT2D eigenvalue weighted by Crippen LogP contribution is -2.54. The van der Waals surface area contributed by atoms with Crippen molar-refractivity contribution in [2.45, 2.75) is 63.8 Å². The summed E-state index contributed by atoms with van der Waals surface area (Å²) in [6.07, 6.45) is 3.50. The zero-order valence-corrected chi connectivity index (χ0v) is 19.8. The molecule has 0 amide bonds. The number of methoxy groups -OCH3 is 1. The van der Waals surface area contributed by atoms with Crippen LogP contribution in [-0.2, 0) is 15.7 Å². The van der Waals surface area contributed by atoms with Crippen LogP contribution in [0.1, 0.15) is 51.0 Å². The van der Waals surface area contributed by atoms with Crippen LogP contribution >= 0.6 is 0 Å². The number of carbonyl (C=O) groups excluding carboxylic acids is 1. The number of ether oxygens (including phenoxy) is 1. The van der Waals surface area contributed by atoms with E-state index in [1.165, 1.54) is 38.1 Å². The van der Waals surface area contributed by atoms with Gasteiger partial charge < -0.3 is 10.1 Å². The number of alkyl halides is 3. The molecule has 1 unspecified atom stereocenters. The quantitative estimate of drug-likeness (QED) is 0.551. The van der Waals surface area contributed by atoms with Crippen molar-refractivity contribution in [3.63, 3.8) is 0 Å². The van der Waals surface area contributed by atoms with Crippen LogP contribution in [-0.4, -0.2) is 59.5 Å². The molecule has 1 aliphatic heterocycles. The van der Waals surface area contributed by atoms with Gasteiger partial charge in [-0.1, -0.05) is 6.92 Å². The summed E-state index contributed by atoms with van der Waals surface area (Å²) in [5.41, 5.74) is -0.363. The highest BCUT2D eigenvalue weighted by molar-refractivity contribution is 5.91. The second-order valence-corrected chi connectivity index (χ2v) is 9.62. The topological polar surface area (TPSA) is 67.3 Å². The van der Waals surface area contributed by atoms with E-state index in [0.717, 1.165) is 31.6 Å². The van der Waals surface area contributed by atoms with Crippen molar-refractivity contribution in [1.29, 1.82) is 0 Å². The lowest BCUT2D eigenvalue weighted by Gasteiger charge is -2.47. The van der Waals surface area contributed by atoms with Crippen LogP contribution in [0.2, 0.25) is 0 Å². The molecule has 4 rings (SSSR count). The van der Waals surface area contributed by atoms with Gasteiger partial charge in [-0.3, -0.25) is 9.69 Å². The Balaban J connectivity index is 1.24. The van der Waals surface area contributed by atoms with Crippen molar-refractivity contribution in [2.75, 3.05) is 32.1 Å². The number of Topliss-reactive ketones (excluding diaryl/α,β-unsaturated/α-hetero) is 1. The highest BCUT2D eigenvalue weighted by Gasteiger charge is 2.36. The smallest absolute Gasteiger partial charge is 0.381 e. The molecule has 1 saturated carbocycles. The van der Waals surface area contributed by atoms with E-state index >= 15 is 0 Å². The van der Waals surface area contributed by atoms with Crippen LogP contribution in [0, 0.1) is 11.8 Å². The predicted molar refractivity (Wildman–Crippen MR) is 125 cm³/mol. The number of likely N-dealkylation sites (tertiary alicyclic amines) is 1. The SMILES string of the molecule is CCC(OC)C1CCC(N2CC(CC(=O)CNc3ncnc4ccc(C(F)(F)F)cc34)C2)CC1. The van der Waals surface area contributed by atoms with Crippen molar-refractivity contribution in [3.05, 3.63) is 30.1 Å². The molecule has 34 heavy (non-hydrogen) atoms. The number of aromatic nitrogens is 2. The number of nitrogens with one attached hydrogen (secondary N) is 1. The average molecular weight is 479 g/mol. The Kier molecular flexibility index (Phi) is 7.72. The van der Waals surface area contributed by atoms with Crippen LogP contribution < -0.4 is 5.32 Å². The maximum atomic E-state index is 13.1. The van der Waals surface area contributed by atoms with Crippen molar-refractivity contribution < 1.29 is 22.7 Å². The molecule has 0 spiro atoms. The third kappa shape index (κ3) is 5.68. The molecular weight excluding hydrogens is 445 g/mol. The monoisotopic (exact) mass is 478 g/mol. The van der Waals surface area contributed by atoms with Crippen LogP contribution in [0.4, 0.5) is 19.0 Å². The summed E-state index contributed by atoms with van der Waals surface area (Å²) in [5, 5.41) is 3.19. The minimum Gasteiger partial charge on any atom is -0.381 e. The summed E-state index contributed by atoms with van der Waals surface area (Å²) < 4.78 is 44.9. The molecule has 0 radical (unpaired) electrons. The van der Waals surface area contributed by atoms with E-state index in [2.05, 4.69) is 27.1 Å². The molecule has 2 fully saturated rings. The lowest BCUT2D eigenvalue weighted by molar-refractivity contribution is -0.137. The van der Waals surface area contributed by atoms with Gasteiger partial charge in [-0.05, 0) is 62.1 Å². The highest BCUT2D eigenvalue weighted by atomic mass is 19.4. The molecule has 2 aromatic rings. The largest absolute Gasteiger partial charge is 0.416 e. The predicted octanol–water partition coefficient (Wildman–Crippen LogP) is 4.94. The molecule has 1 atom stereocenters. The molecule has 1 aromatic carbocycles. The second kappa shape index (κ2) is 10.6. The van der Waals surface area contributed by atoms with E-state index < -0.39 is 11.7 Å².